The SMILES string of the molecule is Cc1cc(C)n(-c2ccc(C(=NC(=N)c3ccccc3)N(C)Cc3ccc(CN)cc3)cc2)n1. The number of aryl methyl sites for hydroxylation is 2. The Kier molecular flexibility index (Phi) is 6.99. The number of aromatic nitrogens is 2. The van der Waals surface area contributed by atoms with E-state index < -0.39 is 0 Å². The van der Waals surface area contributed by atoms with E-state index in [1.54, 1.807) is 0 Å². The van der Waals surface area contributed by atoms with E-state index in [1.165, 1.54) is 0 Å². The first-order valence-electron chi connectivity index (χ1n) is 11.3. The number of hydrogen-bond acceptors (Lipinski definition) is 3. The summed E-state index contributed by atoms with van der Waals surface area (Å²) in [6.45, 7) is 5.22. The van der Waals surface area contributed by atoms with Gasteiger partial charge in [-0.1, -0.05) is 54.6 Å². The van der Waals surface area contributed by atoms with E-state index in [4.69, 9.17) is 16.1 Å². The highest BCUT2D eigenvalue weighted by molar-refractivity contribution is 6.10. The number of nitrogens with zero attached hydrogens (tertiary/aromatic N) is 4. The van der Waals surface area contributed by atoms with Crippen molar-refractivity contribution in [3.8, 4) is 5.69 Å². The van der Waals surface area contributed by atoms with Crippen molar-refractivity contribution in [2.24, 2.45) is 10.7 Å². The molecule has 0 radical (unpaired) electrons. The van der Waals surface area contributed by atoms with Crippen LogP contribution in [0.25, 0.3) is 5.69 Å². The van der Waals surface area contributed by atoms with Gasteiger partial charge in [-0.05, 0) is 55.3 Å². The molecule has 6 nitrogen and oxygen atoms in total. The fourth-order valence-electron chi connectivity index (χ4n) is 3.91. The van der Waals surface area contributed by atoms with E-state index in [2.05, 4.69) is 40.3 Å². The van der Waals surface area contributed by atoms with Crippen LogP contribution in [0, 0.1) is 19.3 Å². The smallest absolute Gasteiger partial charge is 0.154 e. The van der Waals surface area contributed by atoms with Gasteiger partial charge in [-0.2, -0.15) is 5.10 Å². The lowest BCUT2D eigenvalue weighted by molar-refractivity contribution is 0.502. The summed E-state index contributed by atoms with van der Waals surface area (Å²) in [6.07, 6.45) is 0. The zero-order chi connectivity index (χ0) is 24.1. The van der Waals surface area contributed by atoms with E-state index in [0.29, 0.717) is 13.1 Å². The van der Waals surface area contributed by atoms with E-state index >= 15 is 0 Å². The van der Waals surface area contributed by atoms with Gasteiger partial charge in [0.1, 0.15) is 5.84 Å². The van der Waals surface area contributed by atoms with Crippen molar-refractivity contribution >= 4 is 11.7 Å². The van der Waals surface area contributed by atoms with Crippen molar-refractivity contribution in [1.29, 1.82) is 5.41 Å². The molecule has 1 heterocycles. The molecule has 1 aromatic heterocycles. The average Bonchev–Trinajstić information content (AvgIpc) is 3.21. The Morgan fingerprint density at radius 1 is 0.912 bits per heavy atom. The number of nitrogens with two attached hydrogens (primary N) is 1. The third kappa shape index (κ3) is 5.30. The first-order chi connectivity index (χ1) is 16.4. The highest BCUT2D eigenvalue weighted by Crippen LogP contribution is 2.17. The second-order valence-electron chi connectivity index (χ2n) is 8.41. The molecule has 0 aliphatic heterocycles. The molecule has 0 aliphatic carbocycles. The molecule has 4 aromatic rings. The summed E-state index contributed by atoms with van der Waals surface area (Å²) < 4.78 is 1.94. The summed E-state index contributed by atoms with van der Waals surface area (Å²) in [7, 11) is 2.00. The Bertz CT molecular complexity index is 1290. The quantitative estimate of drug-likeness (QED) is 0.325. The maximum absolute atomic E-state index is 8.60. The predicted molar refractivity (Wildman–Crippen MR) is 139 cm³/mol. The molecule has 6 heteroatoms. The van der Waals surface area contributed by atoms with Crippen molar-refractivity contribution in [1.82, 2.24) is 14.7 Å². The minimum Gasteiger partial charge on any atom is -0.355 e. The molecule has 0 spiro atoms. The van der Waals surface area contributed by atoms with Gasteiger partial charge in [0.05, 0.1) is 11.4 Å². The normalized spacial score (nSPS) is 11.5. The number of nitrogens with one attached hydrogen (secondary N) is 1. The molecule has 4 rings (SSSR count). The molecule has 3 N–H and O–H groups in total. The molecule has 34 heavy (non-hydrogen) atoms. The molecule has 0 saturated heterocycles. The maximum atomic E-state index is 8.60. The van der Waals surface area contributed by atoms with Crippen LogP contribution in [0.3, 0.4) is 0 Å². The topological polar surface area (TPSA) is 83.3 Å². The lowest BCUT2D eigenvalue weighted by Crippen LogP contribution is -2.28. The molecule has 0 fully saturated rings. The summed E-state index contributed by atoms with van der Waals surface area (Å²) in [5.74, 6) is 0.959. The first-order valence-corrected chi connectivity index (χ1v) is 11.3. The van der Waals surface area contributed by atoms with Gasteiger partial charge in [0.2, 0.25) is 0 Å². The van der Waals surface area contributed by atoms with Gasteiger partial charge in [0.25, 0.3) is 0 Å². The number of aliphatic imine (C=N–C) groups is 1. The Balaban J connectivity index is 1.67. The number of hydrogen-bond donors (Lipinski definition) is 2. The van der Waals surface area contributed by atoms with Crippen LogP contribution in [0.1, 0.15) is 33.6 Å². The number of rotatable bonds is 6. The van der Waals surface area contributed by atoms with Crippen molar-refractivity contribution in [3.63, 3.8) is 0 Å². The second-order valence-corrected chi connectivity index (χ2v) is 8.41. The van der Waals surface area contributed by atoms with Crippen molar-refractivity contribution in [3.05, 3.63) is 119 Å². The van der Waals surface area contributed by atoms with Crippen LogP contribution in [0.5, 0.6) is 0 Å². The molecule has 172 valence electrons. The highest BCUT2D eigenvalue weighted by atomic mass is 15.3. The van der Waals surface area contributed by atoms with Gasteiger partial charge in [0.15, 0.2) is 5.84 Å². The Morgan fingerprint density at radius 2 is 1.56 bits per heavy atom. The van der Waals surface area contributed by atoms with Crippen LogP contribution < -0.4 is 5.73 Å². The fourth-order valence-corrected chi connectivity index (χ4v) is 3.91. The molecule has 0 bridgehead atoms. The summed E-state index contributed by atoms with van der Waals surface area (Å²) in [5, 5.41) is 13.2. The van der Waals surface area contributed by atoms with E-state index in [9.17, 15) is 0 Å². The molecule has 0 unspecified atom stereocenters. The van der Waals surface area contributed by atoms with E-state index in [0.717, 1.165) is 45.2 Å². The van der Waals surface area contributed by atoms with Gasteiger partial charge >= 0.3 is 0 Å². The second kappa shape index (κ2) is 10.3. The van der Waals surface area contributed by atoms with Crippen molar-refractivity contribution < 1.29 is 0 Å². The third-order valence-corrected chi connectivity index (χ3v) is 5.68. The van der Waals surface area contributed by atoms with Crippen LogP contribution in [-0.4, -0.2) is 33.4 Å². The van der Waals surface area contributed by atoms with E-state index in [1.807, 2.05) is 80.2 Å². The van der Waals surface area contributed by atoms with Gasteiger partial charge in [-0.3, -0.25) is 5.41 Å². The zero-order valence-electron chi connectivity index (χ0n) is 19.9. The molecule has 0 amide bonds. The molecule has 0 aliphatic rings. The van der Waals surface area contributed by atoms with Crippen LogP contribution >= 0.6 is 0 Å². The zero-order valence-corrected chi connectivity index (χ0v) is 19.9. The molecule has 3 aromatic carbocycles. The van der Waals surface area contributed by atoms with Crippen LogP contribution in [0.4, 0.5) is 0 Å². The lowest BCUT2D eigenvalue weighted by atomic mass is 10.1. The highest BCUT2D eigenvalue weighted by Gasteiger charge is 2.14. The Morgan fingerprint density at radius 3 is 2.15 bits per heavy atom. The Hall–Kier alpha value is -4.03. The van der Waals surface area contributed by atoms with Crippen LogP contribution in [-0.2, 0) is 13.1 Å². The molecular weight excluding hydrogens is 420 g/mol. The van der Waals surface area contributed by atoms with Crippen molar-refractivity contribution in [2.45, 2.75) is 26.9 Å². The van der Waals surface area contributed by atoms with Crippen LogP contribution in [0.15, 0.2) is 89.9 Å². The van der Waals surface area contributed by atoms with Gasteiger partial charge < -0.3 is 10.6 Å². The Labute approximate surface area is 200 Å². The average molecular weight is 451 g/mol. The first kappa shape index (κ1) is 23.1. The molecular formula is C28H30N6. The standard InChI is InChI=1S/C28H30N6/c1-20-17-21(2)34(32-20)26-15-13-25(14-16-26)28(31-27(30)24-7-5-4-6-8-24)33(3)19-23-11-9-22(18-29)10-12-23/h4-17,30H,18-19,29H2,1-3H3. The predicted octanol–water partition coefficient (Wildman–Crippen LogP) is 4.85. The fraction of sp³-hybridized carbons (Fsp3) is 0.179. The summed E-state index contributed by atoms with van der Waals surface area (Å²) >= 11 is 0. The van der Waals surface area contributed by atoms with Crippen LogP contribution in [0.2, 0.25) is 0 Å². The van der Waals surface area contributed by atoms with Gasteiger partial charge in [0, 0.05) is 37.0 Å². The molecule has 0 saturated carbocycles. The largest absolute Gasteiger partial charge is 0.355 e. The summed E-state index contributed by atoms with van der Waals surface area (Å²) in [6, 6.07) is 28.1. The number of benzene rings is 3. The summed E-state index contributed by atoms with van der Waals surface area (Å²) in [4.78, 5) is 6.83. The minimum atomic E-state index is 0.226. The third-order valence-electron chi connectivity index (χ3n) is 5.68. The maximum Gasteiger partial charge on any atom is 0.154 e. The summed E-state index contributed by atoms with van der Waals surface area (Å²) in [5.41, 5.74) is 12.8. The van der Waals surface area contributed by atoms with E-state index in [-0.39, 0.29) is 5.84 Å². The van der Waals surface area contributed by atoms with Crippen molar-refractivity contribution in [2.75, 3.05) is 7.05 Å². The molecule has 0 atom stereocenters. The van der Waals surface area contributed by atoms with Gasteiger partial charge in [-0.25, -0.2) is 9.67 Å². The monoisotopic (exact) mass is 450 g/mol. The van der Waals surface area contributed by atoms with Gasteiger partial charge in [-0.15, -0.1) is 0 Å². The minimum absolute atomic E-state index is 0.226. The lowest BCUT2D eigenvalue weighted by Gasteiger charge is -2.22. The number of amidine groups is 2.